The summed E-state index contributed by atoms with van der Waals surface area (Å²) in [4.78, 5) is 0. The molecule has 0 atom stereocenters. The van der Waals surface area contributed by atoms with Gasteiger partial charge in [-0.25, -0.2) is 0 Å². The van der Waals surface area contributed by atoms with Gasteiger partial charge in [-0.05, 0) is 13.8 Å². The molecule has 1 aromatic heterocycles. The topological polar surface area (TPSA) is 32.6 Å². The molecular formula is C6H12N3+. The van der Waals surface area contributed by atoms with Crippen molar-refractivity contribution in [3.05, 3.63) is 11.9 Å². The van der Waals surface area contributed by atoms with E-state index in [0.29, 0.717) is 6.04 Å². The van der Waals surface area contributed by atoms with Gasteiger partial charge < -0.3 is 0 Å². The Hall–Kier alpha value is -0.860. The summed E-state index contributed by atoms with van der Waals surface area (Å²) in [6.45, 7) is 6.26. The number of nitrogens with zero attached hydrogens (tertiary/aromatic N) is 2. The van der Waals surface area contributed by atoms with Crippen molar-refractivity contribution >= 4 is 0 Å². The van der Waals surface area contributed by atoms with E-state index in [2.05, 4.69) is 24.2 Å². The van der Waals surface area contributed by atoms with Crippen LogP contribution in [0.3, 0.4) is 0 Å². The van der Waals surface area contributed by atoms with Crippen LogP contribution in [0, 0.1) is 6.92 Å². The van der Waals surface area contributed by atoms with E-state index in [-0.39, 0.29) is 0 Å². The summed E-state index contributed by atoms with van der Waals surface area (Å²) >= 11 is 0. The molecule has 3 nitrogen and oxygen atoms in total. The molecule has 0 aliphatic heterocycles. The first-order valence-electron chi connectivity index (χ1n) is 3.13. The van der Waals surface area contributed by atoms with Crippen LogP contribution >= 0.6 is 0 Å². The number of hydrogen-bond donors (Lipinski definition) is 1. The summed E-state index contributed by atoms with van der Waals surface area (Å²) in [5, 5.41) is 6.75. The van der Waals surface area contributed by atoms with Crippen molar-refractivity contribution in [2.75, 3.05) is 0 Å². The third-order valence-corrected chi connectivity index (χ3v) is 1.31. The molecule has 0 aliphatic carbocycles. The smallest absolute Gasteiger partial charge is 0.158 e. The van der Waals surface area contributed by atoms with Crippen LogP contribution in [-0.4, -0.2) is 10.3 Å². The molecule has 0 amide bonds. The number of aromatic amines is 1. The highest BCUT2D eigenvalue weighted by Crippen LogP contribution is 1.90. The minimum Gasteiger partial charge on any atom is -0.158 e. The van der Waals surface area contributed by atoms with Gasteiger partial charge in [0.15, 0.2) is 5.69 Å². The van der Waals surface area contributed by atoms with Gasteiger partial charge in [-0.2, -0.15) is 4.68 Å². The maximum Gasteiger partial charge on any atom is 0.208 e. The van der Waals surface area contributed by atoms with E-state index in [0.717, 1.165) is 0 Å². The highest BCUT2D eigenvalue weighted by Gasteiger charge is 2.07. The van der Waals surface area contributed by atoms with Crippen molar-refractivity contribution in [1.82, 2.24) is 10.3 Å². The molecule has 1 aromatic rings. The molecule has 0 fully saturated rings. The van der Waals surface area contributed by atoms with Gasteiger partial charge in [-0.1, -0.05) is 5.21 Å². The number of nitrogens with one attached hydrogen (secondary N) is 1. The van der Waals surface area contributed by atoms with Crippen LogP contribution in [0.5, 0.6) is 0 Å². The Kier molecular flexibility index (Phi) is 1.51. The maximum atomic E-state index is 3.88. The van der Waals surface area contributed by atoms with Crippen LogP contribution in [0.25, 0.3) is 0 Å². The fourth-order valence-electron chi connectivity index (χ4n) is 0.848. The van der Waals surface area contributed by atoms with Gasteiger partial charge in [0.1, 0.15) is 6.04 Å². The second kappa shape index (κ2) is 2.17. The van der Waals surface area contributed by atoms with Crippen LogP contribution in [0.15, 0.2) is 6.20 Å². The first kappa shape index (κ1) is 6.26. The quantitative estimate of drug-likeness (QED) is 0.549. The molecule has 0 saturated carbocycles. The molecule has 50 valence electrons. The number of H-pyrrole nitrogens is 1. The molecule has 1 heterocycles. The van der Waals surface area contributed by atoms with Crippen molar-refractivity contribution in [1.29, 1.82) is 0 Å². The Morgan fingerprint density at radius 2 is 2.33 bits per heavy atom. The molecule has 3 heteroatoms. The fraction of sp³-hybridized carbons (Fsp3) is 0.667. The minimum absolute atomic E-state index is 0.479. The zero-order valence-corrected chi connectivity index (χ0v) is 6.05. The summed E-state index contributed by atoms with van der Waals surface area (Å²) in [5.41, 5.74) is 1.17. The van der Waals surface area contributed by atoms with E-state index in [9.17, 15) is 0 Å². The van der Waals surface area contributed by atoms with Gasteiger partial charge in [-0.3, -0.25) is 0 Å². The summed E-state index contributed by atoms with van der Waals surface area (Å²) in [5.74, 6) is 0. The van der Waals surface area contributed by atoms with E-state index in [4.69, 9.17) is 0 Å². The van der Waals surface area contributed by atoms with E-state index < -0.39 is 0 Å². The number of aromatic nitrogens is 3. The lowest BCUT2D eigenvalue weighted by atomic mass is 10.4. The second-order valence-corrected chi connectivity index (χ2v) is 2.46. The zero-order chi connectivity index (χ0) is 6.85. The van der Waals surface area contributed by atoms with E-state index in [1.165, 1.54) is 5.69 Å². The molecule has 0 bridgehead atoms. The molecule has 9 heavy (non-hydrogen) atoms. The highest BCUT2D eigenvalue weighted by atomic mass is 15.4. The number of rotatable bonds is 1. The number of aryl methyl sites for hydroxylation is 1. The molecule has 0 spiro atoms. The Balaban J connectivity index is 2.94. The Labute approximate surface area is 54.7 Å². The zero-order valence-electron chi connectivity index (χ0n) is 6.05. The lowest BCUT2D eigenvalue weighted by Gasteiger charge is -1.97. The molecular weight excluding hydrogens is 114 g/mol. The Morgan fingerprint density at radius 3 is 2.56 bits per heavy atom. The van der Waals surface area contributed by atoms with Crippen LogP contribution in [0.4, 0.5) is 0 Å². The van der Waals surface area contributed by atoms with Crippen LogP contribution in [0.2, 0.25) is 0 Å². The molecule has 0 aliphatic rings. The van der Waals surface area contributed by atoms with Crippen molar-refractivity contribution in [2.24, 2.45) is 0 Å². The average Bonchev–Trinajstić information content (AvgIpc) is 2.13. The Bertz CT molecular complexity index is 190. The Morgan fingerprint density at radius 1 is 1.67 bits per heavy atom. The standard InChI is InChI=1S/C6H11N3/c1-5(2)9-6(3)4-7-8-9/h4-5H,1-3H3/p+1. The van der Waals surface area contributed by atoms with Crippen LogP contribution in [-0.2, 0) is 0 Å². The van der Waals surface area contributed by atoms with Crippen LogP contribution in [0.1, 0.15) is 25.6 Å². The van der Waals surface area contributed by atoms with Crippen molar-refractivity contribution < 1.29 is 4.68 Å². The van der Waals surface area contributed by atoms with Crippen LogP contribution < -0.4 is 4.68 Å². The average molecular weight is 126 g/mol. The maximum absolute atomic E-state index is 3.88. The minimum atomic E-state index is 0.479. The second-order valence-electron chi connectivity index (χ2n) is 2.46. The molecule has 0 saturated heterocycles. The molecule has 0 aromatic carbocycles. The monoisotopic (exact) mass is 126 g/mol. The van der Waals surface area contributed by atoms with E-state index in [1.807, 2.05) is 17.8 Å². The SMILES string of the molecule is Cc1cn[nH][n+]1C(C)C. The lowest BCUT2D eigenvalue weighted by molar-refractivity contribution is -0.776. The fourth-order valence-corrected chi connectivity index (χ4v) is 0.848. The lowest BCUT2D eigenvalue weighted by Crippen LogP contribution is -2.40. The molecule has 1 rings (SSSR count). The molecule has 1 N–H and O–H groups in total. The summed E-state index contributed by atoms with van der Waals surface area (Å²) in [6.07, 6.45) is 1.82. The predicted molar refractivity (Wildman–Crippen MR) is 33.9 cm³/mol. The van der Waals surface area contributed by atoms with Gasteiger partial charge in [-0.15, -0.1) is 0 Å². The normalized spacial score (nSPS) is 10.7. The summed E-state index contributed by atoms with van der Waals surface area (Å²) in [7, 11) is 0. The molecule has 0 unspecified atom stereocenters. The first-order valence-corrected chi connectivity index (χ1v) is 3.13. The summed E-state index contributed by atoms with van der Waals surface area (Å²) < 4.78 is 2.01. The predicted octanol–water partition coefficient (Wildman–Crippen LogP) is 0.587. The molecule has 0 radical (unpaired) electrons. The van der Waals surface area contributed by atoms with E-state index in [1.54, 1.807) is 0 Å². The highest BCUT2D eigenvalue weighted by molar-refractivity contribution is 4.76. The largest absolute Gasteiger partial charge is 0.208 e. The van der Waals surface area contributed by atoms with Gasteiger partial charge in [0.25, 0.3) is 0 Å². The van der Waals surface area contributed by atoms with E-state index >= 15 is 0 Å². The van der Waals surface area contributed by atoms with Gasteiger partial charge >= 0.3 is 0 Å². The van der Waals surface area contributed by atoms with Crippen molar-refractivity contribution in [2.45, 2.75) is 26.8 Å². The van der Waals surface area contributed by atoms with Gasteiger partial charge in [0, 0.05) is 12.0 Å². The first-order chi connectivity index (χ1) is 4.22. The third kappa shape index (κ3) is 1.09. The third-order valence-electron chi connectivity index (χ3n) is 1.31. The van der Waals surface area contributed by atoms with Crippen molar-refractivity contribution in [3.63, 3.8) is 0 Å². The van der Waals surface area contributed by atoms with Crippen molar-refractivity contribution in [3.8, 4) is 0 Å². The van der Waals surface area contributed by atoms with Gasteiger partial charge in [0.2, 0.25) is 6.20 Å². The van der Waals surface area contributed by atoms with Gasteiger partial charge in [0.05, 0.1) is 0 Å². The number of hydrogen-bond acceptors (Lipinski definition) is 1. The summed E-state index contributed by atoms with van der Waals surface area (Å²) in [6, 6.07) is 0.479.